The molecule has 0 aromatic carbocycles. The molecule has 2 rings (SSSR count). The standard InChI is InChI=1S/C13H18N4O3/c1-4-17-11-10(8(3)16-17)15-9(6-14-12(11)18)5-7(2)13(19)20/h7H,4-6H2,1-3H3,(H,14,18)(H,19,20). The van der Waals surface area contributed by atoms with Crippen LogP contribution in [0, 0.1) is 12.8 Å². The number of carbonyl (C=O) groups is 2. The molecular formula is C13H18N4O3. The Morgan fingerprint density at radius 2 is 2.25 bits per heavy atom. The predicted octanol–water partition coefficient (Wildman–Crippen LogP) is 1.14. The highest BCUT2D eigenvalue weighted by molar-refractivity contribution is 6.04. The minimum Gasteiger partial charge on any atom is -0.481 e. The number of aliphatic imine (C=N–C) groups is 1. The van der Waals surface area contributed by atoms with E-state index in [1.165, 1.54) is 0 Å². The predicted molar refractivity (Wildman–Crippen MR) is 73.5 cm³/mol. The molecule has 0 spiro atoms. The topological polar surface area (TPSA) is 96.6 Å². The van der Waals surface area contributed by atoms with Gasteiger partial charge in [-0.05, 0) is 13.8 Å². The molecule has 2 N–H and O–H groups in total. The highest BCUT2D eigenvalue weighted by Gasteiger charge is 2.25. The molecule has 1 aliphatic rings. The Morgan fingerprint density at radius 3 is 2.85 bits per heavy atom. The molecule has 20 heavy (non-hydrogen) atoms. The molecule has 1 unspecified atom stereocenters. The molecule has 2 heterocycles. The summed E-state index contributed by atoms with van der Waals surface area (Å²) in [6, 6.07) is 0. The normalized spacial score (nSPS) is 15.9. The van der Waals surface area contributed by atoms with Crippen molar-refractivity contribution < 1.29 is 14.7 Å². The van der Waals surface area contributed by atoms with Gasteiger partial charge in [0.1, 0.15) is 5.69 Å². The van der Waals surface area contributed by atoms with Gasteiger partial charge in [-0.1, -0.05) is 6.92 Å². The number of nitrogens with zero attached hydrogens (tertiary/aromatic N) is 3. The van der Waals surface area contributed by atoms with E-state index >= 15 is 0 Å². The van der Waals surface area contributed by atoms with Crippen molar-refractivity contribution >= 4 is 23.3 Å². The first-order valence-corrected chi connectivity index (χ1v) is 6.58. The summed E-state index contributed by atoms with van der Waals surface area (Å²) in [6.07, 6.45) is 0.311. The average molecular weight is 278 g/mol. The minimum absolute atomic E-state index is 0.218. The third-order valence-electron chi connectivity index (χ3n) is 3.30. The van der Waals surface area contributed by atoms with Gasteiger partial charge in [0.15, 0.2) is 5.69 Å². The smallest absolute Gasteiger partial charge is 0.306 e. The van der Waals surface area contributed by atoms with Crippen LogP contribution in [-0.2, 0) is 11.3 Å². The van der Waals surface area contributed by atoms with Crippen molar-refractivity contribution in [2.75, 3.05) is 6.54 Å². The van der Waals surface area contributed by atoms with Crippen LogP contribution in [0.15, 0.2) is 4.99 Å². The van der Waals surface area contributed by atoms with Crippen LogP contribution in [0.25, 0.3) is 0 Å². The third kappa shape index (κ3) is 2.56. The van der Waals surface area contributed by atoms with Crippen molar-refractivity contribution in [2.24, 2.45) is 10.9 Å². The van der Waals surface area contributed by atoms with Crippen LogP contribution in [0.4, 0.5) is 5.69 Å². The number of carboxylic acid groups (broad SMARTS) is 1. The van der Waals surface area contributed by atoms with Crippen molar-refractivity contribution in [3.8, 4) is 0 Å². The molecular weight excluding hydrogens is 260 g/mol. The van der Waals surface area contributed by atoms with E-state index in [1.54, 1.807) is 18.5 Å². The number of amides is 1. The molecule has 1 aliphatic heterocycles. The lowest BCUT2D eigenvalue weighted by molar-refractivity contribution is -0.140. The first kappa shape index (κ1) is 14.2. The molecule has 1 atom stereocenters. The lowest BCUT2D eigenvalue weighted by Gasteiger charge is -2.08. The summed E-state index contributed by atoms with van der Waals surface area (Å²) in [5, 5.41) is 16.0. The van der Waals surface area contributed by atoms with Crippen molar-refractivity contribution in [1.29, 1.82) is 0 Å². The van der Waals surface area contributed by atoms with Crippen molar-refractivity contribution in [2.45, 2.75) is 33.7 Å². The van der Waals surface area contributed by atoms with Crippen LogP contribution < -0.4 is 5.32 Å². The van der Waals surface area contributed by atoms with Gasteiger partial charge in [0, 0.05) is 18.7 Å². The van der Waals surface area contributed by atoms with Gasteiger partial charge in [-0.15, -0.1) is 0 Å². The lowest BCUT2D eigenvalue weighted by atomic mass is 10.0. The van der Waals surface area contributed by atoms with E-state index in [4.69, 9.17) is 5.11 Å². The lowest BCUT2D eigenvalue weighted by Crippen LogP contribution is -2.30. The largest absolute Gasteiger partial charge is 0.481 e. The fourth-order valence-corrected chi connectivity index (χ4v) is 2.18. The number of hydrogen-bond donors (Lipinski definition) is 2. The molecule has 0 saturated carbocycles. The van der Waals surface area contributed by atoms with E-state index < -0.39 is 11.9 Å². The number of hydrogen-bond acceptors (Lipinski definition) is 4. The molecule has 0 radical (unpaired) electrons. The number of fused-ring (bicyclic) bond motifs is 1. The summed E-state index contributed by atoms with van der Waals surface area (Å²) in [6.45, 7) is 6.18. The second kappa shape index (κ2) is 5.44. The summed E-state index contributed by atoms with van der Waals surface area (Å²) in [4.78, 5) is 27.5. The maximum absolute atomic E-state index is 12.1. The van der Waals surface area contributed by atoms with Gasteiger partial charge < -0.3 is 10.4 Å². The molecule has 1 aromatic heterocycles. The monoisotopic (exact) mass is 278 g/mol. The fourth-order valence-electron chi connectivity index (χ4n) is 2.18. The summed E-state index contributed by atoms with van der Waals surface area (Å²) in [5.41, 5.74) is 2.34. The highest BCUT2D eigenvalue weighted by Crippen LogP contribution is 2.26. The van der Waals surface area contributed by atoms with Gasteiger partial charge in [0.2, 0.25) is 0 Å². The Labute approximate surface area is 116 Å². The van der Waals surface area contributed by atoms with Crippen molar-refractivity contribution in [3.63, 3.8) is 0 Å². The summed E-state index contributed by atoms with van der Waals surface area (Å²) in [5.74, 6) is -1.62. The van der Waals surface area contributed by atoms with Gasteiger partial charge in [-0.25, -0.2) is 0 Å². The number of rotatable bonds is 4. The zero-order chi connectivity index (χ0) is 14.9. The van der Waals surface area contributed by atoms with E-state index in [0.717, 1.165) is 0 Å². The van der Waals surface area contributed by atoms with E-state index in [2.05, 4.69) is 15.4 Å². The van der Waals surface area contributed by atoms with E-state index in [-0.39, 0.29) is 12.5 Å². The Morgan fingerprint density at radius 1 is 1.55 bits per heavy atom. The summed E-state index contributed by atoms with van der Waals surface area (Å²) < 4.78 is 1.62. The average Bonchev–Trinajstić information content (AvgIpc) is 2.61. The van der Waals surface area contributed by atoms with Gasteiger partial charge in [0.25, 0.3) is 5.91 Å². The number of aryl methyl sites for hydroxylation is 2. The van der Waals surface area contributed by atoms with Gasteiger partial charge in [-0.2, -0.15) is 5.10 Å². The second-order valence-corrected chi connectivity index (χ2v) is 4.90. The van der Waals surface area contributed by atoms with Crippen LogP contribution in [0.3, 0.4) is 0 Å². The molecule has 0 bridgehead atoms. The minimum atomic E-state index is -0.871. The number of aromatic nitrogens is 2. The molecule has 1 amide bonds. The van der Waals surface area contributed by atoms with Crippen LogP contribution in [0.5, 0.6) is 0 Å². The maximum atomic E-state index is 12.1. The Bertz CT molecular complexity index is 589. The van der Waals surface area contributed by atoms with Gasteiger partial charge in [-0.3, -0.25) is 19.3 Å². The number of carboxylic acids is 1. The fraction of sp³-hybridized carbons (Fsp3) is 0.538. The number of carbonyl (C=O) groups excluding carboxylic acids is 1. The number of aliphatic carboxylic acids is 1. The quantitative estimate of drug-likeness (QED) is 0.863. The van der Waals surface area contributed by atoms with Gasteiger partial charge in [0.05, 0.1) is 18.2 Å². The molecule has 108 valence electrons. The van der Waals surface area contributed by atoms with Crippen LogP contribution in [-0.4, -0.2) is 39.0 Å². The van der Waals surface area contributed by atoms with Crippen molar-refractivity contribution in [1.82, 2.24) is 15.1 Å². The van der Waals surface area contributed by atoms with Crippen LogP contribution >= 0.6 is 0 Å². The molecule has 1 aromatic rings. The zero-order valence-corrected chi connectivity index (χ0v) is 11.8. The van der Waals surface area contributed by atoms with Gasteiger partial charge >= 0.3 is 5.97 Å². The van der Waals surface area contributed by atoms with Crippen LogP contribution in [0.1, 0.15) is 36.5 Å². The molecule has 7 nitrogen and oxygen atoms in total. The Balaban J connectivity index is 2.39. The summed E-state index contributed by atoms with van der Waals surface area (Å²) in [7, 11) is 0. The van der Waals surface area contributed by atoms with E-state index in [9.17, 15) is 9.59 Å². The summed E-state index contributed by atoms with van der Waals surface area (Å²) >= 11 is 0. The molecule has 0 fully saturated rings. The first-order chi connectivity index (χ1) is 9.43. The molecule has 0 saturated heterocycles. The van der Waals surface area contributed by atoms with Crippen LogP contribution in [0.2, 0.25) is 0 Å². The zero-order valence-electron chi connectivity index (χ0n) is 11.8. The van der Waals surface area contributed by atoms with Crippen molar-refractivity contribution in [3.05, 3.63) is 11.4 Å². The SMILES string of the molecule is CCn1nc(C)c2c1C(=O)NCC(CC(C)C(=O)O)=N2. The second-order valence-electron chi connectivity index (χ2n) is 4.90. The highest BCUT2D eigenvalue weighted by atomic mass is 16.4. The number of nitrogens with one attached hydrogen (secondary N) is 1. The molecule has 7 heteroatoms. The Kier molecular flexibility index (Phi) is 3.87. The van der Waals surface area contributed by atoms with E-state index in [0.29, 0.717) is 35.8 Å². The maximum Gasteiger partial charge on any atom is 0.306 e. The Hall–Kier alpha value is -2.18. The van der Waals surface area contributed by atoms with E-state index in [1.807, 2.05) is 6.92 Å². The first-order valence-electron chi connectivity index (χ1n) is 6.58. The molecule has 0 aliphatic carbocycles. The third-order valence-corrected chi connectivity index (χ3v) is 3.30.